The highest BCUT2D eigenvalue weighted by Gasteiger charge is 2.35. The number of nitrogens with one attached hydrogen (secondary N) is 1. The van der Waals surface area contributed by atoms with E-state index in [1.807, 2.05) is 38.1 Å². The van der Waals surface area contributed by atoms with Crippen LogP contribution >= 0.6 is 27.7 Å². The van der Waals surface area contributed by atoms with E-state index >= 15 is 0 Å². The van der Waals surface area contributed by atoms with E-state index < -0.39 is 4.75 Å². The molecule has 0 aliphatic heterocycles. The quantitative estimate of drug-likeness (QED) is 0.769. The maximum Gasteiger partial charge on any atom is 0.236 e. The molecule has 1 fully saturated rings. The topological polar surface area (TPSA) is 55.1 Å². The molecule has 0 aromatic heterocycles. The molecule has 1 atom stereocenters. The van der Waals surface area contributed by atoms with Gasteiger partial charge in [0.15, 0.2) is 0 Å². The van der Waals surface area contributed by atoms with Crippen LogP contribution in [0.5, 0.6) is 0 Å². The third-order valence-electron chi connectivity index (χ3n) is 3.49. The predicted molar refractivity (Wildman–Crippen MR) is 87.8 cm³/mol. The number of carbonyl (C=O) groups is 1. The number of hydrogen-bond donors (Lipinski definition) is 2. The zero-order valence-corrected chi connectivity index (χ0v) is 14.3. The van der Waals surface area contributed by atoms with Gasteiger partial charge in [0.2, 0.25) is 5.91 Å². The summed E-state index contributed by atoms with van der Waals surface area (Å²) in [4.78, 5) is 13.5. The van der Waals surface area contributed by atoms with E-state index in [-0.39, 0.29) is 11.9 Å². The Balaban J connectivity index is 1.97. The van der Waals surface area contributed by atoms with Crippen molar-refractivity contribution in [3.63, 3.8) is 0 Å². The first kappa shape index (κ1) is 15.9. The van der Waals surface area contributed by atoms with Crippen molar-refractivity contribution in [3.8, 4) is 0 Å². The fourth-order valence-corrected chi connectivity index (χ4v) is 3.33. The molecule has 1 aromatic rings. The van der Waals surface area contributed by atoms with Crippen LogP contribution in [-0.4, -0.2) is 23.2 Å². The fourth-order valence-electron chi connectivity index (χ4n) is 2.05. The van der Waals surface area contributed by atoms with Gasteiger partial charge in [-0.3, -0.25) is 4.79 Å². The Hall–Kier alpha value is -0.520. The minimum Gasteiger partial charge on any atom is -0.351 e. The lowest BCUT2D eigenvalue weighted by atomic mass is 10.1. The summed E-state index contributed by atoms with van der Waals surface area (Å²) in [6.07, 6.45) is 2.37. The number of amides is 1. The lowest BCUT2D eigenvalue weighted by Crippen LogP contribution is -2.48. The molecule has 0 heterocycles. The number of carbonyl (C=O) groups excluding carboxylic acids is 1. The molecule has 2 rings (SSSR count). The van der Waals surface area contributed by atoms with Crippen molar-refractivity contribution in [1.29, 1.82) is 0 Å². The van der Waals surface area contributed by atoms with Crippen molar-refractivity contribution in [2.24, 2.45) is 11.7 Å². The summed E-state index contributed by atoms with van der Waals surface area (Å²) < 4.78 is 0.539. The minimum absolute atomic E-state index is 0.0627. The van der Waals surface area contributed by atoms with E-state index in [9.17, 15) is 4.79 Å². The summed E-state index contributed by atoms with van der Waals surface area (Å²) in [5, 5.41) is 3.11. The van der Waals surface area contributed by atoms with Crippen molar-refractivity contribution in [1.82, 2.24) is 5.32 Å². The van der Waals surface area contributed by atoms with Gasteiger partial charge in [0.1, 0.15) is 0 Å². The smallest absolute Gasteiger partial charge is 0.236 e. The molecule has 1 aliphatic rings. The molecule has 1 aromatic carbocycles. The maximum atomic E-state index is 12.4. The van der Waals surface area contributed by atoms with E-state index in [1.165, 1.54) is 12.8 Å². The van der Waals surface area contributed by atoms with Gasteiger partial charge in [0.05, 0.1) is 4.75 Å². The number of hydrogen-bond acceptors (Lipinski definition) is 3. The fraction of sp³-hybridized carbons (Fsp3) is 0.533. The first-order chi connectivity index (χ1) is 9.42. The molecule has 110 valence electrons. The second kappa shape index (κ2) is 6.50. The Bertz CT molecular complexity index is 471. The van der Waals surface area contributed by atoms with E-state index in [4.69, 9.17) is 5.73 Å². The second-order valence-corrected chi connectivity index (χ2v) is 8.33. The molecule has 20 heavy (non-hydrogen) atoms. The third kappa shape index (κ3) is 4.24. The molecule has 0 radical (unpaired) electrons. The molecule has 1 aliphatic carbocycles. The summed E-state index contributed by atoms with van der Waals surface area (Å²) in [5.41, 5.74) is 5.75. The first-order valence-corrected chi connectivity index (χ1v) is 8.49. The van der Waals surface area contributed by atoms with Gasteiger partial charge in [-0.15, -0.1) is 11.8 Å². The van der Waals surface area contributed by atoms with Crippen molar-refractivity contribution >= 4 is 33.6 Å². The van der Waals surface area contributed by atoms with Gasteiger partial charge in [0.25, 0.3) is 0 Å². The zero-order valence-electron chi connectivity index (χ0n) is 11.9. The number of nitrogens with two attached hydrogens (primary N) is 1. The van der Waals surface area contributed by atoms with Crippen molar-refractivity contribution in [2.75, 3.05) is 6.54 Å². The first-order valence-electron chi connectivity index (χ1n) is 6.88. The highest BCUT2D eigenvalue weighted by Crippen LogP contribution is 2.35. The molecular formula is C15H21BrN2OS. The van der Waals surface area contributed by atoms with Crippen LogP contribution in [0.3, 0.4) is 0 Å². The van der Waals surface area contributed by atoms with Crippen LogP contribution in [0.2, 0.25) is 0 Å². The number of rotatable bonds is 6. The number of halogens is 1. The average molecular weight is 357 g/mol. The van der Waals surface area contributed by atoms with E-state index in [2.05, 4.69) is 21.2 Å². The van der Waals surface area contributed by atoms with Crippen molar-refractivity contribution in [2.45, 2.75) is 42.4 Å². The third-order valence-corrected chi connectivity index (χ3v) is 5.23. The molecule has 0 spiro atoms. The lowest BCUT2D eigenvalue weighted by Gasteiger charge is -2.26. The molecule has 5 heteroatoms. The molecule has 1 unspecified atom stereocenters. The van der Waals surface area contributed by atoms with Crippen LogP contribution < -0.4 is 11.1 Å². The molecule has 1 amide bonds. The predicted octanol–water partition coefficient (Wildman–Crippen LogP) is 3.17. The van der Waals surface area contributed by atoms with E-state index in [0.29, 0.717) is 12.5 Å². The standard InChI is InChI=1S/C15H21BrN2OS/c1-15(2,20-12-7-5-11(16)6-8-12)14(19)18-13(9-17)10-3-4-10/h5-8,10,13H,3-4,9,17H2,1-2H3,(H,18,19). The summed E-state index contributed by atoms with van der Waals surface area (Å²) in [6.45, 7) is 4.43. The Morgan fingerprint density at radius 1 is 1.45 bits per heavy atom. The van der Waals surface area contributed by atoms with Crippen LogP contribution in [0.25, 0.3) is 0 Å². The van der Waals surface area contributed by atoms with Crippen LogP contribution in [0.4, 0.5) is 0 Å². The van der Waals surface area contributed by atoms with E-state index in [1.54, 1.807) is 11.8 Å². The summed E-state index contributed by atoms with van der Waals surface area (Å²) in [7, 11) is 0. The molecule has 0 saturated heterocycles. The normalized spacial score (nSPS) is 16.8. The van der Waals surface area contributed by atoms with Gasteiger partial charge in [-0.2, -0.15) is 0 Å². The highest BCUT2D eigenvalue weighted by atomic mass is 79.9. The van der Waals surface area contributed by atoms with E-state index in [0.717, 1.165) is 9.37 Å². The summed E-state index contributed by atoms with van der Waals surface area (Å²) in [6, 6.07) is 8.15. The monoisotopic (exact) mass is 356 g/mol. The summed E-state index contributed by atoms with van der Waals surface area (Å²) in [5.74, 6) is 0.644. The van der Waals surface area contributed by atoms with Crippen molar-refractivity contribution in [3.05, 3.63) is 28.7 Å². The highest BCUT2D eigenvalue weighted by molar-refractivity contribution is 9.10. The van der Waals surface area contributed by atoms with Gasteiger partial charge in [-0.25, -0.2) is 0 Å². The second-order valence-electron chi connectivity index (χ2n) is 5.72. The average Bonchev–Trinajstić information content (AvgIpc) is 3.22. The lowest BCUT2D eigenvalue weighted by molar-refractivity contribution is -0.123. The molecular weight excluding hydrogens is 336 g/mol. The van der Waals surface area contributed by atoms with Crippen LogP contribution in [0, 0.1) is 5.92 Å². The molecule has 0 bridgehead atoms. The van der Waals surface area contributed by atoms with Crippen LogP contribution in [0.15, 0.2) is 33.6 Å². The number of benzene rings is 1. The maximum absolute atomic E-state index is 12.4. The Kier molecular flexibility index (Phi) is 5.15. The van der Waals surface area contributed by atoms with Gasteiger partial charge < -0.3 is 11.1 Å². The molecule has 3 nitrogen and oxygen atoms in total. The van der Waals surface area contributed by atoms with Gasteiger partial charge in [0, 0.05) is 22.0 Å². The van der Waals surface area contributed by atoms with Crippen LogP contribution in [0.1, 0.15) is 26.7 Å². The van der Waals surface area contributed by atoms with Gasteiger partial charge in [-0.05, 0) is 56.9 Å². The summed E-state index contributed by atoms with van der Waals surface area (Å²) >= 11 is 4.99. The van der Waals surface area contributed by atoms with Gasteiger partial charge >= 0.3 is 0 Å². The Morgan fingerprint density at radius 2 is 2.05 bits per heavy atom. The zero-order chi connectivity index (χ0) is 14.8. The minimum atomic E-state index is -0.504. The Labute approximate surface area is 133 Å². The molecule has 3 N–H and O–H groups in total. The van der Waals surface area contributed by atoms with Crippen molar-refractivity contribution < 1.29 is 4.79 Å². The number of thioether (sulfide) groups is 1. The Morgan fingerprint density at radius 3 is 2.55 bits per heavy atom. The van der Waals surface area contributed by atoms with Gasteiger partial charge in [-0.1, -0.05) is 15.9 Å². The molecule has 1 saturated carbocycles. The SMILES string of the molecule is CC(C)(Sc1ccc(Br)cc1)C(=O)NC(CN)C1CC1. The largest absolute Gasteiger partial charge is 0.351 e. The van der Waals surface area contributed by atoms with Crippen LogP contribution in [-0.2, 0) is 4.79 Å².